The van der Waals surface area contributed by atoms with Crippen molar-refractivity contribution in [1.82, 2.24) is 19.9 Å². The van der Waals surface area contributed by atoms with Gasteiger partial charge in [-0.15, -0.1) is 0 Å². The Labute approximate surface area is 207 Å². The van der Waals surface area contributed by atoms with Gasteiger partial charge >= 0.3 is 6.03 Å². The third-order valence-corrected chi connectivity index (χ3v) is 6.24. The second kappa shape index (κ2) is 10.2. The maximum absolute atomic E-state index is 13.6. The normalized spacial score (nSPS) is 14.3. The predicted molar refractivity (Wildman–Crippen MR) is 131 cm³/mol. The molecule has 1 aliphatic rings. The number of aryl methyl sites for hydroxylation is 1. The van der Waals surface area contributed by atoms with Crippen molar-refractivity contribution in [3.05, 3.63) is 101 Å². The summed E-state index contributed by atoms with van der Waals surface area (Å²) in [4.78, 5) is 21.2. The van der Waals surface area contributed by atoms with Crippen LogP contribution in [-0.4, -0.2) is 52.2 Å². The third kappa shape index (κ3) is 5.26. The Hall–Kier alpha value is -4.11. The van der Waals surface area contributed by atoms with E-state index in [0.29, 0.717) is 43.6 Å². The summed E-state index contributed by atoms with van der Waals surface area (Å²) in [5.41, 5.74) is 3.21. The highest BCUT2D eigenvalue weighted by Gasteiger charge is 2.28. The Morgan fingerprint density at radius 2 is 1.53 bits per heavy atom. The first-order valence-electron chi connectivity index (χ1n) is 11.7. The fraction of sp³-hybridized carbons (Fsp3) is 0.222. The standard InChI is InChI=1S/C27H25F2N5O2/c1-18-30-26(32-36-18)21-3-2-4-24(17-21)31-27(35)34-15-13-33(14-16-34)25(19-5-9-22(28)10-6-19)20-7-11-23(29)12-8-20/h2-12,17,25H,13-16H2,1H3,(H,31,35). The van der Waals surface area contributed by atoms with E-state index in [-0.39, 0.29) is 23.7 Å². The monoisotopic (exact) mass is 489 g/mol. The fourth-order valence-corrected chi connectivity index (χ4v) is 4.44. The minimum absolute atomic E-state index is 0.175. The van der Waals surface area contributed by atoms with Crippen LogP contribution in [0.1, 0.15) is 23.1 Å². The quantitative estimate of drug-likeness (QED) is 0.414. The van der Waals surface area contributed by atoms with Gasteiger partial charge in [-0.25, -0.2) is 13.6 Å². The molecule has 7 nitrogen and oxygen atoms in total. The number of urea groups is 1. The van der Waals surface area contributed by atoms with Crippen molar-refractivity contribution in [2.45, 2.75) is 13.0 Å². The summed E-state index contributed by atoms with van der Waals surface area (Å²) in [5, 5.41) is 6.87. The summed E-state index contributed by atoms with van der Waals surface area (Å²) in [5.74, 6) is 0.315. The van der Waals surface area contributed by atoms with E-state index in [1.807, 2.05) is 18.2 Å². The van der Waals surface area contributed by atoms with Gasteiger partial charge in [0.15, 0.2) is 0 Å². The molecule has 1 aliphatic heterocycles. The van der Waals surface area contributed by atoms with Gasteiger partial charge in [-0.1, -0.05) is 41.6 Å². The molecule has 2 amide bonds. The van der Waals surface area contributed by atoms with Gasteiger partial charge in [0.05, 0.1) is 6.04 Å². The molecule has 1 aromatic heterocycles. The molecule has 4 aromatic rings. The van der Waals surface area contributed by atoms with E-state index in [4.69, 9.17) is 4.52 Å². The molecule has 1 N–H and O–H groups in total. The number of halogens is 2. The van der Waals surface area contributed by atoms with Crippen LogP contribution < -0.4 is 5.32 Å². The largest absolute Gasteiger partial charge is 0.339 e. The first-order valence-corrected chi connectivity index (χ1v) is 11.7. The number of carbonyl (C=O) groups is 1. The molecule has 0 radical (unpaired) electrons. The van der Waals surface area contributed by atoms with E-state index in [1.54, 1.807) is 42.2 Å². The van der Waals surface area contributed by atoms with Gasteiger partial charge in [-0.3, -0.25) is 4.90 Å². The lowest BCUT2D eigenvalue weighted by molar-refractivity contribution is 0.126. The molecular formula is C27H25F2N5O2. The zero-order valence-corrected chi connectivity index (χ0v) is 19.7. The number of rotatable bonds is 5. The molecule has 0 spiro atoms. The molecule has 3 aromatic carbocycles. The number of benzene rings is 3. The number of anilines is 1. The summed E-state index contributed by atoms with van der Waals surface area (Å²) in [6.45, 7) is 3.95. The number of nitrogens with one attached hydrogen (secondary N) is 1. The number of hydrogen-bond donors (Lipinski definition) is 1. The van der Waals surface area contributed by atoms with Crippen molar-refractivity contribution in [3.8, 4) is 11.4 Å². The average Bonchev–Trinajstić information content (AvgIpc) is 3.33. The topological polar surface area (TPSA) is 74.5 Å². The van der Waals surface area contributed by atoms with E-state index in [1.165, 1.54) is 24.3 Å². The maximum atomic E-state index is 13.6. The average molecular weight is 490 g/mol. The lowest BCUT2D eigenvalue weighted by atomic mass is 9.96. The van der Waals surface area contributed by atoms with Crippen LogP contribution in [0.15, 0.2) is 77.3 Å². The number of nitrogens with zero attached hydrogens (tertiary/aromatic N) is 4. The summed E-state index contributed by atoms with van der Waals surface area (Å²) in [7, 11) is 0. The number of piperazine rings is 1. The molecule has 5 rings (SSSR count). The molecule has 1 saturated heterocycles. The summed E-state index contributed by atoms with van der Waals surface area (Å²) in [6, 6.07) is 19.6. The fourth-order valence-electron chi connectivity index (χ4n) is 4.44. The Balaban J connectivity index is 1.27. The SMILES string of the molecule is Cc1nc(-c2cccc(NC(=O)N3CCN(C(c4ccc(F)cc4)c4ccc(F)cc4)CC3)c2)no1. The van der Waals surface area contributed by atoms with Crippen molar-refractivity contribution in [2.75, 3.05) is 31.5 Å². The lowest BCUT2D eigenvalue weighted by Gasteiger charge is -2.39. The van der Waals surface area contributed by atoms with Gasteiger partial charge in [0.2, 0.25) is 11.7 Å². The second-order valence-electron chi connectivity index (χ2n) is 8.68. The summed E-state index contributed by atoms with van der Waals surface area (Å²) >= 11 is 0. The van der Waals surface area contributed by atoms with Crippen LogP contribution in [-0.2, 0) is 0 Å². The Morgan fingerprint density at radius 1 is 0.917 bits per heavy atom. The van der Waals surface area contributed by atoms with Crippen molar-refractivity contribution in [1.29, 1.82) is 0 Å². The van der Waals surface area contributed by atoms with E-state index in [2.05, 4.69) is 20.4 Å². The van der Waals surface area contributed by atoms with Crippen LogP contribution in [0.25, 0.3) is 11.4 Å². The molecule has 0 unspecified atom stereocenters. The van der Waals surface area contributed by atoms with E-state index in [0.717, 1.165) is 16.7 Å². The number of carbonyl (C=O) groups excluding carboxylic acids is 1. The Morgan fingerprint density at radius 3 is 2.08 bits per heavy atom. The van der Waals surface area contributed by atoms with Gasteiger partial charge < -0.3 is 14.7 Å². The number of aromatic nitrogens is 2. The van der Waals surface area contributed by atoms with Gasteiger partial charge in [0, 0.05) is 44.4 Å². The van der Waals surface area contributed by atoms with Gasteiger partial charge in [0.1, 0.15) is 11.6 Å². The highest BCUT2D eigenvalue weighted by atomic mass is 19.1. The van der Waals surface area contributed by atoms with Crippen molar-refractivity contribution >= 4 is 11.7 Å². The predicted octanol–water partition coefficient (Wildman–Crippen LogP) is 5.26. The van der Waals surface area contributed by atoms with Gasteiger partial charge in [-0.2, -0.15) is 4.98 Å². The smallest absolute Gasteiger partial charge is 0.321 e. The first kappa shape index (κ1) is 23.6. The molecule has 1 fully saturated rings. The Bertz CT molecular complexity index is 1290. The molecular weight excluding hydrogens is 464 g/mol. The molecule has 0 aliphatic carbocycles. The van der Waals surface area contributed by atoms with Crippen LogP contribution in [0.3, 0.4) is 0 Å². The molecule has 36 heavy (non-hydrogen) atoms. The van der Waals surface area contributed by atoms with Crippen molar-refractivity contribution in [3.63, 3.8) is 0 Å². The summed E-state index contributed by atoms with van der Waals surface area (Å²) in [6.07, 6.45) is 0. The first-order chi connectivity index (χ1) is 17.5. The van der Waals surface area contributed by atoms with Gasteiger partial charge in [0.25, 0.3) is 0 Å². The lowest BCUT2D eigenvalue weighted by Crippen LogP contribution is -2.51. The maximum Gasteiger partial charge on any atom is 0.321 e. The molecule has 0 bridgehead atoms. The molecule has 184 valence electrons. The zero-order chi connectivity index (χ0) is 25.1. The highest BCUT2D eigenvalue weighted by molar-refractivity contribution is 5.90. The van der Waals surface area contributed by atoms with Crippen LogP contribution in [0.4, 0.5) is 19.3 Å². The van der Waals surface area contributed by atoms with Crippen LogP contribution in [0.5, 0.6) is 0 Å². The molecule has 2 heterocycles. The highest BCUT2D eigenvalue weighted by Crippen LogP contribution is 2.30. The summed E-state index contributed by atoms with van der Waals surface area (Å²) < 4.78 is 32.2. The molecule has 0 saturated carbocycles. The Kier molecular flexibility index (Phi) is 6.73. The van der Waals surface area contributed by atoms with Crippen LogP contribution in [0, 0.1) is 18.6 Å². The van der Waals surface area contributed by atoms with Gasteiger partial charge in [-0.05, 0) is 47.5 Å². The van der Waals surface area contributed by atoms with Crippen LogP contribution >= 0.6 is 0 Å². The van der Waals surface area contributed by atoms with Crippen molar-refractivity contribution in [2.24, 2.45) is 0 Å². The number of amides is 2. The molecule has 9 heteroatoms. The van der Waals surface area contributed by atoms with Crippen LogP contribution in [0.2, 0.25) is 0 Å². The van der Waals surface area contributed by atoms with Crippen molar-refractivity contribution < 1.29 is 18.1 Å². The van der Waals surface area contributed by atoms with E-state index < -0.39 is 0 Å². The minimum atomic E-state index is -0.309. The second-order valence-corrected chi connectivity index (χ2v) is 8.68. The number of hydrogen-bond acceptors (Lipinski definition) is 5. The third-order valence-electron chi connectivity index (χ3n) is 6.24. The van der Waals surface area contributed by atoms with E-state index >= 15 is 0 Å². The van der Waals surface area contributed by atoms with E-state index in [9.17, 15) is 13.6 Å². The molecule has 0 atom stereocenters. The zero-order valence-electron chi connectivity index (χ0n) is 19.7. The minimum Gasteiger partial charge on any atom is -0.339 e.